The highest BCUT2D eigenvalue weighted by Gasteiger charge is 2.28. The highest BCUT2D eigenvalue weighted by Crippen LogP contribution is 2.25. The van der Waals surface area contributed by atoms with Crippen molar-refractivity contribution in [3.8, 4) is 17.1 Å². The van der Waals surface area contributed by atoms with E-state index in [9.17, 15) is 13.2 Å². The SMILES string of the molecule is COc1ccc(-c2nc(NC(=O)c3ccc(C)c(S(=O)(=O)N4CCCCC4)c3)n[nH]2)cc1. The predicted molar refractivity (Wildman–Crippen MR) is 120 cm³/mol. The Bertz CT molecular complexity index is 1220. The largest absolute Gasteiger partial charge is 0.497 e. The minimum absolute atomic E-state index is 0.0989. The summed E-state index contributed by atoms with van der Waals surface area (Å²) in [6.45, 7) is 2.74. The van der Waals surface area contributed by atoms with Crippen LogP contribution in [0, 0.1) is 6.92 Å². The molecule has 0 radical (unpaired) electrons. The van der Waals surface area contributed by atoms with Gasteiger partial charge in [-0.3, -0.25) is 15.2 Å². The van der Waals surface area contributed by atoms with Crippen LogP contribution in [-0.4, -0.2) is 54.0 Å². The molecule has 1 aliphatic heterocycles. The Morgan fingerprint density at radius 1 is 1.09 bits per heavy atom. The number of carbonyl (C=O) groups is 1. The number of H-pyrrole nitrogens is 1. The second-order valence-corrected chi connectivity index (χ2v) is 9.54. The van der Waals surface area contributed by atoms with Gasteiger partial charge in [0, 0.05) is 24.2 Å². The third-order valence-corrected chi connectivity index (χ3v) is 7.50. The van der Waals surface area contributed by atoms with Crippen LogP contribution in [0.1, 0.15) is 35.2 Å². The molecule has 0 aliphatic carbocycles. The zero-order valence-corrected chi connectivity index (χ0v) is 18.8. The Morgan fingerprint density at radius 3 is 2.50 bits per heavy atom. The molecule has 2 aromatic carbocycles. The van der Waals surface area contributed by atoms with Gasteiger partial charge in [-0.1, -0.05) is 12.5 Å². The maximum atomic E-state index is 13.1. The van der Waals surface area contributed by atoms with Gasteiger partial charge in [0.2, 0.25) is 16.0 Å². The first-order chi connectivity index (χ1) is 15.4. The monoisotopic (exact) mass is 455 g/mol. The zero-order valence-electron chi connectivity index (χ0n) is 18.0. The Balaban J connectivity index is 1.53. The summed E-state index contributed by atoms with van der Waals surface area (Å²) in [7, 11) is -2.06. The number of rotatable bonds is 6. The van der Waals surface area contributed by atoms with Crippen molar-refractivity contribution in [2.75, 3.05) is 25.5 Å². The molecule has 2 N–H and O–H groups in total. The summed E-state index contributed by atoms with van der Waals surface area (Å²) in [6.07, 6.45) is 2.72. The highest BCUT2D eigenvalue weighted by atomic mass is 32.2. The summed E-state index contributed by atoms with van der Waals surface area (Å²) in [4.78, 5) is 17.2. The number of anilines is 1. The van der Waals surface area contributed by atoms with E-state index in [0.717, 1.165) is 30.6 Å². The van der Waals surface area contributed by atoms with E-state index in [0.29, 0.717) is 24.5 Å². The van der Waals surface area contributed by atoms with Crippen molar-refractivity contribution < 1.29 is 17.9 Å². The van der Waals surface area contributed by atoms with Crippen LogP contribution in [0.25, 0.3) is 11.4 Å². The van der Waals surface area contributed by atoms with Crippen LogP contribution in [0.15, 0.2) is 47.4 Å². The summed E-state index contributed by atoms with van der Waals surface area (Å²) in [6, 6.07) is 11.9. The van der Waals surface area contributed by atoms with Crippen LogP contribution < -0.4 is 10.1 Å². The molecule has 0 bridgehead atoms. The van der Waals surface area contributed by atoms with Gasteiger partial charge in [-0.25, -0.2) is 8.42 Å². The topological polar surface area (TPSA) is 117 Å². The molecule has 0 spiro atoms. The summed E-state index contributed by atoms with van der Waals surface area (Å²) >= 11 is 0. The van der Waals surface area contributed by atoms with Crippen molar-refractivity contribution in [2.45, 2.75) is 31.1 Å². The predicted octanol–water partition coefficient (Wildman–Crippen LogP) is 3.22. The minimum atomic E-state index is -3.65. The third-order valence-electron chi connectivity index (χ3n) is 5.46. The van der Waals surface area contributed by atoms with Gasteiger partial charge in [0.05, 0.1) is 12.0 Å². The lowest BCUT2D eigenvalue weighted by Gasteiger charge is -2.26. The Hall–Kier alpha value is -3.24. The van der Waals surface area contributed by atoms with E-state index >= 15 is 0 Å². The summed E-state index contributed by atoms with van der Waals surface area (Å²) < 4.78 is 32.8. The van der Waals surface area contributed by atoms with E-state index < -0.39 is 15.9 Å². The van der Waals surface area contributed by atoms with E-state index in [2.05, 4.69) is 20.5 Å². The van der Waals surface area contributed by atoms with Crippen molar-refractivity contribution in [1.82, 2.24) is 19.5 Å². The molecule has 0 saturated carbocycles. The molecule has 10 heteroatoms. The standard InChI is InChI=1S/C22H25N5O4S/c1-15-6-7-17(14-19(15)32(29,30)27-12-4-3-5-13-27)21(28)24-22-23-20(25-26-22)16-8-10-18(31-2)11-9-16/h6-11,14H,3-5,12-13H2,1-2H3,(H2,23,24,25,26,28). The molecule has 1 aromatic heterocycles. The lowest BCUT2D eigenvalue weighted by molar-refractivity contribution is 0.102. The van der Waals surface area contributed by atoms with Crippen molar-refractivity contribution in [1.29, 1.82) is 0 Å². The minimum Gasteiger partial charge on any atom is -0.497 e. The zero-order chi connectivity index (χ0) is 22.7. The second-order valence-electron chi connectivity index (χ2n) is 7.64. The summed E-state index contributed by atoms with van der Waals surface area (Å²) in [5, 5.41) is 9.45. The molecule has 3 aromatic rings. The molecular weight excluding hydrogens is 430 g/mol. The maximum absolute atomic E-state index is 13.1. The fourth-order valence-electron chi connectivity index (χ4n) is 3.63. The Kier molecular flexibility index (Phi) is 6.24. The Labute approximate surface area is 186 Å². The number of amides is 1. The number of benzene rings is 2. The number of nitrogens with zero attached hydrogens (tertiary/aromatic N) is 3. The molecule has 4 rings (SSSR count). The van der Waals surface area contributed by atoms with Crippen molar-refractivity contribution >= 4 is 21.9 Å². The van der Waals surface area contributed by atoms with E-state index in [-0.39, 0.29) is 16.4 Å². The third kappa shape index (κ3) is 4.51. The van der Waals surface area contributed by atoms with Gasteiger partial charge in [-0.2, -0.15) is 9.29 Å². The first-order valence-electron chi connectivity index (χ1n) is 10.4. The van der Waals surface area contributed by atoms with Crippen molar-refractivity contribution in [3.05, 3.63) is 53.6 Å². The van der Waals surface area contributed by atoms with E-state index in [4.69, 9.17) is 4.74 Å². The molecule has 1 fully saturated rings. The number of aromatic nitrogens is 3. The van der Waals surface area contributed by atoms with Gasteiger partial charge in [0.25, 0.3) is 5.91 Å². The molecule has 0 unspecified atom stereocenters. The van der Waals surface area contributed by atoms with Crippen LogP contribution in [0.4, 0.5) is 5.95 Å². The number of methoxy groups -OCH3 is 1. The molecule has 2 heterocycles. The maximum Gasteiger partial charge on any atom is 0.258 e. The van der Waals surface area contributed by atoms with Gasteiger partial charge in [-0.15, -0.1) is 5.10 Å². The van der Waals surface area contributed by atoms with Gasteiger partial charge in [0.1, 0.15) is 5.75 Å². The van der Waals surface area contributed by atoms with Gasteiger partial charge in [0.15, 0.2) is 5.82 Å². The average Bonchev–Trinajstić information content (AvgIpc) is 3.28. The number of hydrogen-bond acceptors (Lipinski definition) is 6. The number of aryl methyl sites for hydroxylation is 1. The molecular formula is C22H25N5O4S. The summed E-state index contributed by atoms with van der Waals surface area (Å²) in [5.74, 6) is 0.818. The molecule has 1 amide bonds. The van der Waals surface area contributed by atoms with Gasteiger partial charge < -0.3 is 4.74 Å². The van der Waals surface area contributed by atoms with Gasteiger partial charge >= 0.3 is 0 Å². The second kappa shape index (κ2) is 9.09. The van der Waals surface area contributed by atoms with Crippen LogP contribution in [0.3, 0.4) is 0 Å². The molecule has 9 nitrogen and oxygen atoms in total. The van der Waals surface area contributed by atoms with Gasteiger partial charge in [-0.05, 0) is 61.7 Å². The van der Waals surface area contributed by atoms with E-state index in [1.165, 1.54) is 10.4 Å². The molecule has 1 aliphatic rings. The summed E-state index contributed by atoms with van der Waals surface area (Å²) in [5.41, 5.74) is 1.61. The molecule has 168 valence electrons. The number of ether oxygens (including phenoxy) is 1. The average molecular weight is 456 g/mol. The fourth-order valence-corrected chi connectivity index (χ4v) is 5.40. The smallest absolute Gasteiger partial charge is 0.258 e. The van der Waals surface area contributed by atoms with Crippen LogP contribution in [0.5, 0.6) is 5.75 Å². The van der Waals surface area contributed by atoms with Crippen LogP contribution >= 0.6 is 0 Å². The highest BCUT2D eigenvalue weighted by molar-refractivity contribution is 7.89. The lowest BCUT2D eigenvalue weighted by Crippen LogP contribution is -2.36. The van der Waals surface area contributed by atoms with E-state index in [1.54, 1.807) is 38.3 Å². The first kappa shape index (κ1) is 22.0. The quantitative estimate of drug-likeness (QED) is 0.589. The van der Waals surface area contributed by atoms with Crippen molar-refractivity contribution in [3.63, 3.8) is 0 Å². The lowest BCUT2D eigenvalue weighted by atomic mass is 10.1. The number of carbonyl (C=O) groups excluding carboxylic acids is 1. The molecule has 1 saturated heterocycles. The number of sulfonamides is 1. The van der Waals surface area contributed by atoms with E-state index in [1.807, 2.05) is 12.1 Å². The van der Waals surface area contributed by atoms with Crippen molar-refractivity contribution in [2.24, 2.45) is 0 Å². The first-order valence-corrected chi connectivity index (χ1v) is 11.8. The van der Waals surface area contributed by atoms with Crippen LogP contribution in [0.2, 0.25) is 0 Å². The van der Waals surface area contributed by atoms with Crippen LogP contribution in [-0.2, 0) is 10.0 Å². The fraction of sp³-hybridized carbons (Fsp3) is 0.318. The number of nitrogens with one attached hydrogen (secondary N) is 2. The normalized spacial score (nSPS) is 14.8. The molecule has 32 heavy (non-hydrogen) atoms. The Morgan fingerprint density at radius 2 is 1.81 bits per heavy atom. The number of aromatic amines is 1. The number of hydrogen-bond donors (Lipinski definition) is 2. The number of piperidine rings is 1. The molecule has 0 atom stereocenters.